The summed E-state index contributed by atoms with van der Waals surface area (Å²) < 4.78 is 0. The van der Waals surface area contributed by atoms with Crippen molar-refractivity contribution >= 4 is 11.4 Å². The maximum absolute atomic E-state index is 9.79. The standard InChI is InChI=1S/C16H18N2O/c1-12(2)10-13-8-9-16(19)15(11-13)18-17-14-6-4-3-5-7-14/h3-9,11-12,19H,10H2,1-2H3. The molecule has 0 bridgehead atoms. The molecule has 0 spiro atoms. The summed E-state index contributed by atoms with van der Waals surface area (Å²) in [4.78, 5) is 0. The topological polar surface area (TPSA) is 45.0 Å². The van der Waals surface area contributed by atoms with E-state index in [-0.39, 0.29) is 5.75 Å². The van der Waals surface area contributed by atoms with Crippen molar-refractivity contribution in [2.75, 3.05) is 0 Å². The van der Waals surface area contributed by atoms with Crippen molar-refractivity contribution < 1.29 is 5.11 Å². The summed E-state index contributed by atoms with van der Waals surface area (Å²) in [5.74, 6) is 0.732. The maximum atomic E-state index is 9.79. The molecule has 1 N–H and O–H groups in total. The van der Waals surface area contributed by atoms with Gasteiger partial charge in [0.25, 0.3) is 0 Å². The first-order valence-corrected chi connectivity index (χ1v) is 6.44. The van der Waals surface area contributed by atoms with E-state index in [1.165, 1.54) is 0 Å². The molecule has 0 aliphatic carbocycles. The van der Waals surface area contributed by atoms with Gasteiger partial charge in [0.2, 0.25) is 0 Å². The smallest absolute Gasteiger partial charge is 0.143 e. The van der Waals surface area contributed by atoms with Crippen LogP contribution in [0.15, 0.2) is 58.8 Å². The first-order valence-electron chi connectivity index (χ1n) is 6.44. The number of rotatable bonds is 4. The first-order chi connectivity index (χ1) is 9.15. The van der Waals surface area contributed by atoms with Gasteiger partial charge < -0.3 is 5.11 Å². The van der Waals surface area contributed by atoms with E-state index in [0.29, 0.717) is 11.6 Å². The molecule has 0 heterocycles. The highest BCUT2D eigenvalue weighted by Gasteiger charge is 2.04. The number of benzene rings is 2. The maximum Gasteiger partial charge on any atom is 0.143 e. The van der Waals surface area contributed by atoms with Crippen LogP contribution in [-0.2, 0) is 6.42 Å². The predicted octanol–water partition coefficient (Wildman–Crippen LogP) is 5.01. The molecular formula is C16H18N2O. The molecule has 0 saturated heterocycles. The summed E-state index contributed by atoms with van der Waals surface area (Å²) >= 11 is 0. The number of azo groups is 1. The molecule has 2 aromatic carbocycles. The van der Waals surface area contributed by atoms with Crippen LogP contribution in [-0.4, -0.2) is 5.11 Å². The fourth-order valence-electron chi connectivity index (χ4n) is 1.85. The summed E-state index contributed by atoms with van der Waals surface area (Å²) in [5, 5.41) is 18.0. The molecule has 0 fully saturated rings. The van der Waals surface area contributed by atoms with Gasteiger partial charge in [-0.05, 0) is 42.2 Å². The van der Waals surface area contributed by atoms with E-state index in [1.54, 1.807) is 6.07 Å². The van der Waals surface area contributed by atoms with Gasteiger partial charge in [-0.1, -0.05) is 38.1 Å². The minimum absolute atomic E-state index is 0.159. The van der Waals surface area contributed by atoms with Gasteiger partial charge in [0, 0.05) is 0 Å². The van der Waals surface area contributed by atoms with E-state index in [0.717, 1.165) is 17.7 Å². The first kappa shape index (κ1) is 13.3. The van der Waals surface area contributed by atoms with E-state index in [2.05, 4.69) is 24.1 Å². The van der Waals surface area contributed by atoms with Crippen LogP contribution in [0.3, 0.4) is 0 Å². The highest BCUT2D eigenvalue weighted by atomic mass is 16.3. The second-order valence-electron chi connectivity index (χ2n) is 4.96. The van der Waals surface area contributed by atoms with Crippen LogP contribution in [0, 0.1) is 5.92 Å². The number of nitrogens with zero attached hydrogens (tertiary/aromatic N) is 2. The van der Waals surface area contributed by atoms with Crippen molar-refractivity contribution in [3.05, 3.63) is 54.1 Å². The molecule has 3 nitrogen and oxygen atoms in total. The van der Waals surface area contributed by atoms with Gasteiger partial charge in [-0.2, -0.15) is 5.11 Å². The molecule has 0 atom stereocenters. The molecular weight excluding hydrogens is 236 g/mol. The third kappa shape index (κ3) is 3.91. The van der Waals surface area contributed by atoms with Gasteiger partial charge in [0.05, 0.1) is 5.69 Å². The molecule has 0 saturated carbocycles. The third-order valence-electron chi connectivity index (χ3n) is 2.71. The molecule has 0 unspecified atom stereocenters. The zero-order valence-electron chi connectivity index (χ0n) is 11.2. The Labute approximate surface area is 113 Å². The van der Waals surface area contributed by atoms with Crippen molar-refractivity contribution in [1.29, 1.82) is 0 Å². The van der Waals surface area contributed by atoms with E-state index >= 15 is 0 Å². The third-order valence-corrected chi connectivity index (χ3v) is 2.71. The summed E-state index contributed by atoms with van der Waals surface area (Å²) in [6, 6.07) is 15.0. The van der Waals surface area contributed by atoms with Gasteiger partial charge in [0.1, 0.15) is 11.4 Å². The Kier molecular flexibility index (Phi) is 4.29. The Morgan fingerprint density at radius 2 is 1.74 bits per heavy atom. The Bertz CT molecular complexity index is 562. The normalized spacial score (nSPS) is 11.3. The molecule has 0 amide bonds. The minimum Gasteiger partial charge on any atom is -0.506 e. The van der Waals surface area contributed by atoms with Crippen molar-refractivity contribution in [2.24, 2.45) is 16.1 Å². The number of aromatic hydroxyl groups is 1. The second-order valence-corrected chi connectivity index (χ2v) is 4.96. The van der Waals surface area contributed by atoms with Crippen molar-refractivity contribution in [2.45, 2.75) is 20.3 Å². The molecule has 0 aromatic heterocycles. The van der Waals surface area contributed by atoms with Gasteiger partial charge in [-0.3, -0.25) is 0 Å². The second kappa shape index (κ2) is 6.14. The quantitative estimate of drug-likeness (QED) is 0.766. The molecule has 19 heavy (non-hydrogen) atoms. The van der Waals surface area contributed by atoms with Gasteiger partial charge in [0.15, 0.2) is 0 Å². The summed E-state index contributed by atoms with van der Waals surface area (Å²) in [7, 11) is 0. The fourth-order valence-corrected chi connectivity index (χ4v) is 1.85. The minimum atomic E-state index is 0.159. The van der Waals surface area contributed by atoms with E-state index in [1.807, 2.05) is 42.5 Å². The molecule has 0 aliphatic heterocycles. The van der Waals surface area contributed by atoms with E-state index in [4.69, 9.17) is 0 Å². The van der Waals surface area contributed by atoms with Crippen molar-refractivity contribution in [3.8, 4) is 5.75 Å². The van der Waals surface area contributed by atoms with Crippen molar-refractivity contribution in [1.82, 2.24) is 0 Å². The van der Waals surface area contributed by atoms with E-state index < -0.39 is 0 Å². The van der Waals surface area contributed by atoms with Gasteiger partial charge >= 0.3 is 0 Å². The van der Waals surface area contributed by atoms with Crippen LogP contribution >= 0.6 is 0 Å². The largest absolute Gasteiger partial charge is 0.506 e. The lowest BCUT2D eigenvalue weighted by Crippen LogP contribution is -1.93. The number of hydrogen-bond acceptors (Lipinski definition) is 3. The average molecular weight is 254 g/mol. The van der Waals surface area contributed by atoms with Crippen LogP contribution in [0.4, 0.5) is 11.4 Å². The van der Waals surface area contributed by atoms with Crippen LogP contribution in [0.25, 0.3) is 0 Å². The lowest BCUT2D eigenvalue weighted by atomic mass is 10.0. The lowest BCUT2D eigenvalue weighted by Gasteiger charge is -2.06. The van der Waals surface area contributed by atoms with Gasteiger partial charge in [-0.15, -0.1) is 5.11 Å². The van der Waals surface area contributed by atoms with Gasteiger partial charge in [-0.25, -0.2) is 0 Å². The zero-order valence-corrected chi connectivity index (χ0v) is 11.2. The van der Waals surface area contributed by atoms with Crippen LogP contribution < -0.4 is 0 Å². The summed E-state index contributed by atoms with van der Waals surface area (Å²) in [6.45, 7) is 4.33. The van der Waals surface area contributed by atoms with E-state index in [9.17, 15) is 5.11 Å². The molecule has 0 radical (unpaired) electrons. The monoisotopic (exact) mass is 254 g/mol. The Hall–Kier alpha value is -2.16. The molecule has 98 valence electrons. The van der Waals surface area contributed by atoms with Crippen LogP contribution in [0.5, 0.6) is 5.75 Å². The Balaban J connectivity index is 2.22. The number of hydrogen-bond donors (Lipinski definition) is 1. The SMILES string of the molecule is CC(C)Cc1ccc(O)c(N=Nc2ccccc2)c1. The number of phenolic OH excluding ortho intramolecular Hbond substituents is 1. The summed E-state index contributed by atoms with van der Waals surface area (Å²) in [5.41, 5.74) is 2.45. The number of phenols is 1. The molecule has 0 aliphatic rings. The Morgan fingerprint density at radius 3 is 2.42 bits per heavy atom. The Morgan fingerprint density at radius 1 is 1.00 bits per heavy atom. The predicted molar refractivity (Wildman–Crippen MR) is 77.3 cm³/mol. The lowest BCUT2D eigenvalue weighted by molar-refractivity contribution is 0.476. The summed E-state index contributed by atoms with van der Waals surface area (Å²) in [6.07, 6.45) is 0.966. The molecule has 3 heteroatoms. The zero-order chi connectivity index (χ0) is 13.7. The fraction of sp³-hybridized carbons (Fsp3) is 0.250. The highest BCUT2D eigenvalue weighted by Crippen LogP contribution is 2.29. The van der Waals surface area contributed by atoms with Crippen LogP contribution in [0.2, 0.25) is 0 Å². The molecule has 2 rings (SSSR count). The van der Waals surface area contributed by atoms with Crippen LogP contribution in [0.1, 0.15) is 19.4 Å². The highest BCUT2D eigenvalue weighted by molar-refractivity contribution is 5.53. The molecule has 2 aromatic rings. The average Bonchev–Trinajstić information content (AvgIpc) is 2.40. The van der Waals surface area contributed by atoms with Crippen molar-refractivity contribution in [3.63, 3.8) is 0 Å².